The molecule has 3 atom stereocenters. The van der Waals surface area contributed by atoms with Gasteiger partial charge in [-0.25, -0.2) is 4.39 Å². The van der Waals surface area contributed by atoms with Crippen molar-refractivity contribution in [1.29, 1.82) is 0 Å². The number of nitrogens with one attached hydrogen (secondary N) is 2. The zero-order valence-corrected chi connectivity index (χ0v) is 23.6. The molecule has 2 aromatic carbocycles. The van der Waals surface area contributed by atoms with Crippen LogP contribution in [0.1, 0.15) is 48.9 Å². The normalized spacial score (nSPS) is 26.8. The number of ether oxygens (including phenoxy) is 1. The highest BCUT2D eigenvalue weighted by molar-refractivity contribution is 6.43. The zero-order chi connectivity index (χ0) is 28.1. The van der Waals surface area contributed by atoms with E-state index in [-0.39, 0.29) is 36.3 Å². The average Bonchev–Trinajstić information content (AvgIpc) is 3.07. The van der Waals surface area contributed by atoms with Gasteiger partial charge in [-0.1, -0.05) is 24.8 Å². The van der Waals surface area contributed by atoms with Gasteiger partial charge in [0, 0.05) is 60.4 Å². The van der Waals surface area contributed by atoms with Crippen LogP contribution in [-0.4, -0.2) is 75.9 Å². The standard InChI is InChI=1S/C28H36B3FN4O3/c1-16-13-35(14-17(2)39-16)15-19-7-8-22(32)20(11-19)12-33-23-6-4-5-21-18(3)36(28(30,31)25(21)23)27(29)10-9-24(37)34-26(27)38/h4-8,11,16-17,33H,3,9-10,12-15,29-31H2,1-2H3,(H,34,37,38). The molecule has 3 unspecified atom stereocenters. The number of rotatable bonds is 6. The SMILES string of the molecule is BC1(N2C(=C)c3cccc(NCc4cc(CN5CC(C)OC(C)C5)ccc4F)c3C2(B)B)CCC(=O)NC1=O. The fourth-order valence-corrected chi connectivity index (χ4v) is 6.82. The predicted octanol–water partition coefficient (Wildman–Crippen LogP) is 0.476. The first-order chi connectivity index (χ1) is 18.4. The van der Waals surface area contributed by atoms with E-state index in [2.05, 4.69) is 51.7 Å². The van der Waals surface area contributed by atoms with Crippen molar-refractivity contribution < 1.29 is 18.7 Å². The monoisotopic (exact) mass is 528 g/mol. The number of amides is 2. The average molecular weight is 528 g/mol. The highest BCUT2D eigenvalue weighted by Gasteiger charge is 2.53. The van der Waals surface area contributed by atoms with Crippen LogP contribution in [0.5, 0.6) is 0 Å². The molecule has 5 rings (SSSR count). The summed E-state index contributed by atoms with van der Waals surface area (Å²) in [5.74, 6) is -0.802. The minimum absolute atomic E-state index is 0.176. The lowest BCUT2D eigenvalue weighted by molar-refractivity contribution is -0.138. The maximum Gasteiger partial charge on any atom is 0.243 e. The zero-order valence-electron chi connectivity index (χ0n) is 23.6. The first-order valence-corrected chi connectivity index (χ1v) is 13.8. The van der Waals surface area contributed by atoms with Gasteiger partial charge in [0.05, 0.1) is 17.6 Å². The largest absolute Gasteiger partial charge is 0.381 e. The molecular formula is C28H36B3FN4O3. The molecule has 0 spiro atoms. The number of fused-ring (bicyclic) bond motifs is 1. The first kappa shape index (κ1) is 27.5. The fraction of sp³-hybridized carbons (Fsp3) is 0.429. The molecule has 0 aromatic heterocycles. The molecule has 2 N–H and O–H groups in total. The molecule has 11 heteroatoms. The number of morpholine rings is 1. The third-order valence-electron chi connectivity index (χ3n) is 8.37. The van der Waals surface area contributed by atoms with Gasteiger partial charge in [-0.3, -0.25) is 19.8 Å². The van der Waals surface area contributed by atoms with Gasteiger partial charge in [0.15, 0.2) is 0 Å². The number of imide groups is 1. The maximum absolute atomic E-state index is 14.9. The summed E-state index contributed by atoms with van der Waals surface area (Å²) in [6.07, 6.45) is 1.04. The van der Waals surface area contributed by atoms with Crippen LogP contribution in [0.4, 0.5) is 10.1 Å². The van der Waals surface area contributed by atoms with Crippen LogP contribution in [0.2, 0.25) is 0 Å². The summed E-state index contributed by atoms with van der Waals surface area (Å²) in [5, 5.41) is 5.40. The minimum Gasteiger partial charge on any atom is -0.381 e. The van der Waals surface area contributed by atoms with Crippen LogP contribution in [0.25, 0.3) is 5.70 Å². The topological polar surface area (TPSA) is 73.9 Å². The lowest BCUT2D eigenvalue weighted by Crippen LogP contribution is -2.66. The third kappa shape index (κ3) is 5.02. The molecule has 202 valence electrons. The number of piperidine rings is 1. The van der Waals surface area contributed by atoms with Gasteiger partial charge in [-0.15, -0.1) is 0 Å². The molecular weight excluding hydrogens is 492 g/mol. The van der Waals surface area contributed by atoms with Gasteiger partial charge in [0.2, 0.25) is 11.8 Å². The second-order valence-electron chi connectivity index (χ2n) is 12.0. The number of carbonyl (C=O) groups is 2. The Bertz CT molecular complexity index is 1330. The molecule has 3 aliphatic heterocycles. The highest BCUT2D eigenvalue weighted by Crippen LogP contribution is 2.49. The van der Waals surface area contributed by atoms with Crippen LogP contribution >= 0.6 is 0 Å². The van der Waals surface area contributed by atoms with E-state index in [0.29, 0.717) is 18.5 Å². The van der Waals surface area contributed by atoms with Crippen molar-refractivity contribution in [1.82, 2.24) is 15.1 Å². The quantitative estimate of drug-likeness (QED) is 0.420. The molecule has 2 amide bonds. The lowest BCUT2D eigenvalue weighted by Gasteiger charge is -2.49. The number of benzene rings is 2. The molecule has 2 aromatic rings. The van der Waals surface area contributed by atoms with Gasteiger partial charge in [-0.05, 0) is 49.6 Å². The molecule has 0 saturated carbocycles. The summed E-state index contributed by atoms with van der Waals surface area (Å²) >= 11 is 0. The van der Waals surface area contributed by atoms with Crippen LogP contribution in [0.15, 0.2) is 43.0 Å². The van der Waals surface area contributed by atoms with E-state index in [9.17, 15) is 14.0 Å². The summed E-state index contributed by atoms with van der Waals surface area (Å²) in [6, 6.07) is 11.3. The van der Waals surface area contributed by atoms with Crippen molar-refractivity contribution >= 4 is 46.7 Å². The Balaban J connectivity index is 1.38. The summed E-state index contributed by atoms with van der Waals surface area (Å²) in [7, 11) is 6.00. The van der Waals surface area contributed by atoms with Gasteiger partial charge < -0.3 is 15.0 Å². The second kappa shape index (κ2) is 10.2. The first-order valence-electron chi connectivity index (χ1n) is 13.8. The maximum atomic E-state index is 14.9. The van der Waals surface area contributed by atoms with E-state index in [1.165, 1.54) is 0 Å². The van der Waals surface area contributed by atoms with E-state index in [0.717, 1.165) is 47.7 Å². The van der Waals surface area contributed by atoms with Crippen LogP contribution in [-0.2, 0) is 32.8 Å². The summed E-state index contributed by atoms with van der Waals surface area (Å²) in [5.41, 5.74) is 4.32. The van der Waals surface area contributed by atoms with Crippen LogP contribution in [0, 0.1) is 5.82 Å². The number of carbonyl (C=O) groups excluding carboxylic acids is 2. The smallest absolute Gasteiger partial charge is 0.243 e. The fourth-order valence-electron chi connectivity index (χ4n) is 6.82. The summed E-state index contributed by atoms with van der Waals surface area (Å²) < 4.78 is 20.8. The number of halogens is 1. The van der Waals surface area contributed by atoms with E-state index < -0.39 is 10.8 Å². The molecule has 2 saturated heterocycles. The van der Waals surface area contributed by atoms with Gasteiger partial charge in [0.25, 0.3) is 0 Å². The van der Waals surface area contributed by atoms with Gasteiger partial charge >= 0.3 is 0 Å². The van der Waals surface area contributed by atoms with E-state index in [1.807, 2.05) is 43.1 Å². The molecule has 39 heavy (non-hydrogen) atoms. The van der Waals surface area contributed by atoms with Crippen LogP contribution < -0.4 is 10.6 Å². The number of hydrogen-bond donors (Lipinski definition) is 2. The Labute approximate surface area is 232 Å². The Morgan fingerprint density at radius 2 is 1.87 bits per heavy atom. The molecule has 7 nitrogen and oxygen atoms in total. The van der Waals surface area contributed by atoms with Crippen molar-refractivity contribution in [3.8, 4) is 0 Å². The Morgan fingerprint density at radius 1 is 1.15 bits per heavy atom. The van der Waals surface area contributed by atoms with Crippen molar-refractivity contribution in [3.63, 3.8) is 0 Å². The van der Waals surface area contributed by atoms with Crippen molar-refractivity contribution in [3.05, 3.63) is 71.0 Å². The highest BCUT2D eigenvalue weighted by atomic mass is 19.1. The summed E-state index contributed by atoms with van der Waals surface area (Å²) in [6.45, 7) is 11.3. The van der Waals surface area contributed by atoms with E-state index >= 15 is 0 Å². The Hall–Kier alpha value is -3.04. The molecule has 3 heterocycles. The van der Waals surface area contributed by atoms with Gasteiger partial charge in [0.1, 0.15) is 29.4 Å². The molecule has 2 fully saturated rings. The van der Waals surface area contributed by atoms with Crippen molar-refractivity contribution in [2.45, 2.75) is 62.8 Å². The van der Waals surface area contributed by atoms with Crippen LogP contribution in [0.3, 0.4) is 0 Å². The molecule has 0 bridgehead atoms. The van der Waals surface area contributed by atoms with Crippen molar-refractivity contribution in [2.75, 3.05) is 18.4 Å². The molecule has 0 radical (unpaired) electrons. The van der Waals surface area contributed by atoms with Crippen molar-refractivity contribution in [2.24, 2.45) is 0 Å². The molecule has 3 aliphatic rings. The lowest BCUT2D eigenvalue weighted by atomic mass is 9.54. The Morgan fingerprint density at radius 3 is 2.56 bits per heavy atom. The van der Waals surface area contributed by atoms with E-state index in [4.69, 9.17) is 4.74 Å². The number of anilines is 1. The van der Waals surface area contributed by atoms with E-state index in [1.54, 1.807) is 6.07 Å². The number of hydrogen-bond acceptors (Lipinski definition) is 6. The van der Waals surface area contributed by atoms with Gasteiger partial charge in [-0.2, -0.15) is 0 Å². The predicted molar refractivity (Wildman–Crippen MR) is 159 cm³/mol. The minimum atomic E-state index is -0.917. The Kier molecular flexibility index (Phi) is 7.18. The number of nitrogens with zero attached hydrogens (tertiary/aromatic N) is 2. The third-order valence-corrected chi connectivity index (χ3v) is 8.37. The second-order valence-corrected chi connectivity index (χ2v) is 12.0. The summed E-state index contributed by atoms with van der Waals surface area (Å²) in [4.78, 5) is 29.3. The molecule has 0 aliphatic carbocycles.